The Morgan fingerprint density at radius 2 is 1.06 bits per heavy atom. The lowest BCUT2D eigenvalue weighted by Crippen LogP contribution is -3.63. The number of halogens is 13. The Hall–Kier alpha value is -1.03. The molecule has 0 spiro atoms. The third kappa shape index (κ3) is 9.16. The van der Waals surface area contributed by atoms with Gasteiger partial charge in [0, 0.05) is 0 Å². The molecule has 31 heavy (non-hydrogen) atoms. The average Bonchev–Trinajstić information content (AvgIpc) is 2.51. The number of alkyl halides is 12. The highest BCUT2D eigenvalue weighted by Gasteiger charge is 2.61. The SMILES string of the molecule is Fc1ccc([I+]CC(F)(F)C(F)(F)F)cc1.O=S(=O)(NS(=O)(=O)C(F)(F)F)C(F)(F)F. The lowest BCUT2D eigenvalue weighted by molar-refractivity contribution is -0.651. The fraction of sp³-hybridized carbons (Fsp3) is 0.455. The molecule has 0 aromatic heterocycles. The number of benzene rings is 1. The molecule has 0 unspecified atom stereocenters. The highest BCUT2D eigenvalue weighted by Crippen LogP contribution is 2.33. The Labute approximate surface area is 176 Å². The highest BCUT2D eigenvalue weighted by atomic mass is 127. The molecule has 0 saturated heterocycles. The Morgan fingerprint density at radius 3 is 1.35 bits per heavy atom. The van der Waals surface area contributed by atoms with Crippen molar-refractivity contribution in [2.24, 2.45) is 0 Å². The summed E-state index contributed by atoms with van der Waals surface area (Å²) in [7, 11) is -13.2. The fourth-order valence-corrected chi connectivity index (χ4v) is 5.13. The quantitative estimate of drug-likeness (QED) is 0.291. The summed E-state index contributed by atoms with van der Waals surface area (Å²) in [5.41, 5.74) is -12.3. The largest absolute Gasteiger partial charge is 0.512 e. The van der Waals surface area contributed by atoms with Gasteiger partial charge in [-0.3, -0.25) is 0 Å². The monoisotopic (exact) mass is 636 g/mol. The van der Waals surface area contributed by atoms with E-state index in [-0.39, 0.29) is 0 Å². The Balaban J connectivity index is 0.000000582. The Bertz CT molecular complexity index is 895. The standard InChI is InChI=1S/C9H6F6I.C2HF6NO4S2/c10-6-1-3-7(4-2-6)16-5-8(11,12)9(13,14)15;3-1(4,5)14(10,11)9-15(12,13)2(6,7)8/h1-4H,5H2;9H/q+1;. The predicted molar refractivity (Wildman–Crippen MR) is 74.1 cm³/mol. The molecule has 0 amide bonds. The molecule has 0 fully saturated rings. The fourth-order valence-electron chi connectivity index (χ4n) is 0.994. The van der Waals surface area contributed by atoms with Crippen LogP contribution in [0.3, 0.4) is 0 Å². The third-order valence-corrected chi connectivity index (χ3v) is 8.35. The summed E-state index contributed by atoms with van der Waals surface area (Å²) in [5, 5.41) is 0. The van der Waals surface area contributed by atoms with Gasteiger partial charge in [-0.1, -0.05) is 4.13 Å². The van der Waals surface area contributed by atoms with Crippen LogP contribution in [-0.2, 0) is 20.0 Å². The lowest BCUT2D eigenvalue weighted by Gasteiger charge is -2.13. The van der Waals surface area contributed by atoms with Gasteiger partial charge in [-0.15, -0.1) is 0 Å². The summed E-state index contributed by atoms with van der Waals surface area (Å²) in [6, 6.07) is 4.55. The zero-order chi connectivity index (χ0) is 25.1. The smallest absolute Gasteiger partial charge is 0.207 e. The molecule has 1 N–H and O–H groups in total. The minimum atomic E-state index is -6.60. The molecule has 0 bridgehead atoms. The van der Waals surface area contributed by atoms with E-state index in [1.807, 2.05) is 0 Å². The Kier molecular flexibility index (Phi) is 9.52. The van der Waals surface area contributed by atoms with Crippen molar-refractivity contribution in [2.75, 3.05) is 4.43 Å². The highest BCUT2D eigenvalue weighted by molar-refractivity contribution is 8.05. The first-order valence-electron chi connectivity index (χ1n) is 6.63. The second-order valence-electron chi connectivity index (χ2n) is 4.89. The molecule has 1 rings (SSSR count). The van der Waals surface area contributed by atoms with E-state index in [9.17, 15) is 69.5 Å². The van der Waals surface area contributed by atoms with Crippen molar-refractivity contribution in [3.63, 3.8) is 0 Å². The van der Waals surface area contributed by atoms with Gasteiger partial charge in [0.2, 0.25) is 4.43 Å². The molecule has 0 radical (unpaired) electrons. The van der Waals surface area contributed by atoms with E-state index in [0.717, 1.165) is 12.1 Å². The van der Waals surface area contributed by atoms with Crippen molar-refractivity contribution >= 4 is 20.0 Å². The second-order valence-corrected chi connectivity index (χ2v) is 11.3. The van der Waals surface area contributed by atoms with Gasteiger partial charge in [0.25, 0.3) is 0 Å². The zero-order valence-electron chi connectivity index (χ0n) is 13.9. The number of sulfonamides is 2. The summed E-state index contributed by atoms with van der Waals surface area (Å²) < 4.78 is 180. The molecule has 0 heterocycles. The van der Waals surface area contributed by atoms with Gasteiger partial charge in [0.1, 0.15) is 5.82 Å². The van der Waals surface area contributed by atoms with E-state index in [2.05, 4.69) is 0 Å². The molecule has 0 aliphatic carbocycles. The van der Waals surface area contributed by atoms with Crippen LogP contribution in [0, 0.1) is 9.39 Å². The maximum atomic E-state index is 12.5. The second kappa shape index (κ2) is 9.85. The van der Waals surface area contributed by atoms with Gasteiger partial charge in [0.15, 0.2) is 3.57 Å². The van der Waals surface area contributed by atoms with Gasteiger partial charge in [0.05, 0.1) is 0 Å². The van der Waals surface area contributed by atoms with Crippen LogP contribution >= 0.6 is 0 Å². The van der Waals surface area contributed by atoms with Crippen LogP contribution in [0.15, 0.2) is 24.3 Å². The van der Waals surface area contributed by atoms with Crippen LogP contribution in [0.5, 0.6) is 0 Å². The van der Waals surface area contributed by atoms with Gasteiger partial charge in [-0.2, -0.15) is 48.3 Å². The molecule has 20 heteroatoms. The zero-order valence-corrected chi connectivity index (χ0v) is 17.7. The van der Waals surface area contributed by atoms with E-state index in [0.29, 0.717) is 3.57 Å². The first-order valence-corrected chi connectivity index (χ1v) is 12.2. The third-order valence-electron chi connectivity index (χ3n) is 2.44. The molecule has 0 aliphatic rings. The van der Waals surface area contributed by atoms with Crippen LogP contribution in [0.25, 0.3) is 0 Å². The minimum absolute atomic E-state index is 0.351. The van der Waals surface area contributed by atoms with Crippen molar-refractivity contribution in [1.29, 1.82) is 0 Å². The lowest BCUT2D eigenvalue weighted by atomic mass is 10.4. The summed E-state index contributed by atoms with van der Waals surface area (Å²) in [5.74, 6) is -5.20. The molecule has 182 valence electrons. The van der Waals surface area contributed by atoms with Crippen molar-refractivity contribution in [3.8, 4) is 0 Å². The van der Waals surface area contributed by atoms with E-state index >= 15 is 0 Å². The van der Waals surface area contributed by atoms with Crippen LogP contribution in [0.1, 0.15) is 0 Å². The van der Waals surface area contributed by atoms with Crippen LogP contribution in [-0.4, -0.2) is 44.4 Å². The predicted octanol–water partition coefficient (Wildman–Crippen LogP) is 0.557. The van der Waals surface area contributed by atoms with Gasteiger partial charge < -0.3 is 0 Å². The molecular weight excluding hydrogens is 629 g/mol. The van der Waals surface area contributed by atoms with Crippen LogP contribution in [0.4, 0.5) is 52.7 Å². The van der Waals surface area contributed by atoms with Crippen molar-refractivity contribution in [2.45, 2.75) is 23.1 Å². The van der Waals surface area contributed by atoms with E-state index in [4.69, 9.17) is 0 Å². The van der Waals surface area contributed by atoms with Gasteiger partial charge >= 0.3 is 64.4 Å². The maximum absolute atomic E-state index is 12.5. The number of hydrogen-bond acceptors (Lipinski definition) is 4. The molecule has 0 saturated carbocycles. The first kappa shape index (κ1) is 30.0. The molecule has 5 nitrogen and oxygen atoms in total. The Morgan fingerprint density at radius 1 is 0.710 bits per heavy atom. The average molecular weight is 636 g/mol. The van der Waals surface area contributed by atoms with Gasteiger partial charge in [-0.25, -0.2) is 21.2 Å². The molecule has 1 aromatic rings. The summed E-state index contributed by atoms with van der Waals surface area (Å²) >= 11 is -1.48. The first-order chi connectivity index (χ1) is 13.4. The molecule has 1 aromatic carbocycles. The van der Waals surface area contributed by atoms with Crippen LogP contribution < -0.4 is 25.3 Å². The maximum Gasteiger partial charge on any atom is 0.512 e. The summed E-state index contributed by atoms with van der Waals surface area (Å²) in [4.78, 5) is 0. The van der Waals surface area contributed by atoms with E-state index < -0.39 is 78.7 Å². The summed E-state index contributed by atoms with van der Waals surface area (Å²) in [6.45, 7) is 0. The summed E-state index contributed by atoms with van der Waals surface area (Å²) in [6.07, 6.45) is -5.51. The number of nitrogens with one attached hydrogen (secondary N) is 1. The topological polar surface area (TPSA) is 80.3 Å². The molecule has 0 aliphatic heterocycles. The number of rotatable bonds is 5. The normalized spacial score (nSPS) is 14.1. The van der Waals surface area contributed by atoms with E-state index in [1.165, 1.54) is 12.1 Å². The van der Waals surface area contributed by atoms with Gasteiger partial charge in [-0.05, 0) is 24.3 Å². The van der Waals surface area contributed by atoms with Crippen molar-refractivity contribution in [1.82, 2.24) is 4.13 Å². The minimum Gasteiger partial charge on any atom is -0.207 e. The molecule has 0 atom stereocenters. The van der Waals surface area contributed by atoms with Crippen molar-refractivity contribution < 1.29 is 90.7 Å². The number of hydrogen-bond donors (Lipinski definition) is 1. The van der Waals surface area contributed by atoms with Crippen molar-refractivity contribution in [3.05, 3.63) is 33.7 Å². The van der Waals surface area contributed by atoms with Crippen LogP contribution in [0.2, 0.25) is 0 Å². The van der Waals surface area contributed by atoms with E-state index in [1.54, 1.807) is 0 Å². The molecular formula is C11H7F12INO4S2+.